The molecule has 0 aromatic rings. The van der Waals surface area contributed by atoms with Gasteiger partial charge in [-0.1, -0.05) is 27.2 Å². The fourth-order valence-corrected chi connectivity index (χ4v) is 2.84. The van der Waals surface area contributed by atoms with Crippen LogP contribution in [0.3, 0.4) is 0 Å². The predicted molar refractivity (Wildman–Crippen MR) is 74.1 cm³/mol. The molecule has 0 amide bonds. The van der Waals surface area contributed by atoms with E-state index in [1.54, 1.807) is 0 Å². The zero-order valence-corrected chi connectivity index (χ0v) is 12.9. The zero-order valence-electron chi connectivity index (χ0n) is 12.9. The molecule has 3 unspecified atom stereocenters. The standard InChI is InChI=1S/C15H30NO2/c1-11(2)13-8-7-12(3)9-14(13)18-15(17)10-16(4,5)6/h11-14H,7-10H2,1-6H3/q+1. The molecule has 1 rings (SSSR count). The van der Waals surface area contributed by atoms with Gasteiger partial charge in [0.25, 0.3) is 0 Å². The maximum absolute atomic E-state index is 12.0. The highest BCUT2D eigenvalue weighted by Crippen LogP contribution is 2.35. The Morgan fingerprint density at radius 2 is 1.89 bits per heavy atom. The number of quaternary nitrogens is 1. The van der Waals surface area contributed by atoms with Gasteiger partial charge in [-0.3, -0.25) is 0 Å². The molecule has 0 heterocycles. The summed E-state index contributed by atoms with van der Waals surface area (Å²) in [5, 5.41) is 0. The Bertz CT molecular complexity index is 281. The van der Waals surface area contributed by atoms with Crippen molar-refractivity contribution in [3.63, 3.8) is 0 Å². The van der Waals surface area contributed by atoms with Crippen LogP contribution in [0, 0.1) is 17.8 Å². The van der Waals surface area contributed by atoms with Crippen molar-refractivity contribution in [3.05, 3.63) is 0 Å². The molecule has 18 heavy (non-hydrogen) atoms. The van der Waals surface area contributed by atoms with Crippen LogP contribution in [0.5, 0.6) is 0 Å². The highest BCUT2D eigenvalue weighted by Gasteiger charge is 2.34. The van der Waals surface area contributed by atoms with E-state index in [1.165, 1.54) is 12.8 Å². The molecule has 0 bridgehead atoms. The molecule has 3 heteroatoms. The molecule has 0 aromatic carbocycles. The van der Waals surface area contributed by atoms with Crippen LogP contribution in [-0.2, 0) is 9.53 Å². The average molecular weight is 256 g/mol. The topological polar surface area (TPSA) is 26.3 Å². The van der Waals surface area contributed by atoms with E-state index in [2.05, 4.69) is 20.8 Å². The predicted octanol–water partition coefficient (Wildman–Crippen LogP) is 2.70. The Morgan fingerprint density at radius 1 is 1.28 bits per heavy atom. The lowest BCUT2D eigenvalue weighted by molar-refractivity contribution is -0.862. The minimum absolute atomic E-state index is 0.0488. The van der Waals surface area contributed by atoms with Crippen molar-refractivity contribution >= 4 is 5.97 Å². The first-order valence-corrected chi connectivity index (χ1v) is 7.19. The largest absolute Gasteiger partial charge is 0.458 e. The Kier molecular flexibility index (Phi) is 5.20. The quantitative estimate of drug-likeness (QED) is 0.571. The smallest absolute Gasteiger partial charge is 0.362 e. The summed E-state index contributed by atoms with van der Waals surface area (Å²) < 4.78 is 6.39. The van der Waals surface area contributed by atoms with E-state index in [1.807, 2.05) is 21.1 Å². The van der Waals surface area contributed by atoms with Gasteiger partial charge in [-0.25, -0.2) is 4.79 Å². The van der Waals surface area contributed by atoms with Gasteiger partial charge in [0, 0.05) is 0 Å². The Hall–Kier alpha value is -0.570. The van der Waals surface area contributed by atoms with Crippen molar-refractivity contribution < 1.29 is 14.0 Å². The molecule has 0 saturated heterocycles. The highest BCUT2D eigenvalue weighted by atomic mass is 16.5. The molecular formula is C15H30NO2+. The van der Waals surface area contributed by atoms with Gasteiger partial charge in [-0.05, 0) is 30.6 Å². The molecule has 0 aliphatic heterocycles. The highest BCUT2D eigenvalue weighted by molar-refractivity contribution is 5.70. The fraction of sp³-hybridized carbons (Fsp3) is 0.933. The van der Waals surface area contributed by atoms with Crippen LogP contribution < -0.4 is 0 Å². The Balaban J connectivity index is 2.58. The Labute approximate surface area is 112 Å². The zero-order chi connectivity index (χ0) is 13.9. The van der Waals surface area contributed by atoms with Crippen LogP contribution >= 0.6 is 0 Å². The second-order valence-electron chi connectivity index (χ2n) is 7.30. The van der Waals surface area contributed by atoms with Gasteiger partial charge in [0.15, 0.2) is 6.54 Å². The summed E-state index contributed by atoms with van der Waals surface area (Å²) in [6.45, 7) is 7.19. The third-order valence-electron chi connectivity index (χ3n) is 3.85. The van der Waals surface area contributed by atoms with Crippen LogP contribution in [0.25, 0.3) is 0 Å². The average Bonchev–Trinajstić information content (AvgIpc) is 2.13. The van der Waals surface area contributed by atoms with Gasteiger partial charge in [0.05, 0.1) is 21.1 Å². The van der Waals surface area contributed by atoms with Crippen molar-refractivity contribution in [2.45, 2.75) is 46.1 Å². The number of ether oxygens (including phenoxy) is 1. The summed E-state index contributed by atoms with van der Waals surface area (Å²) in [5.74, 6) is 1.77. The minimum Gasteiger partial charge on any atom is -0.458 e. The van der Waals surface area contributed by atoms with Crippen molar-refractivity contribution in [3.8, 4) is 0 Å². The summed E-state index contributed by atoms with van der Waals surface area (Å²) in [6.07, 6.45) is 3.63. The van der Waals surface area contributed by atoms with Gasteiger partial charge in [-0.2, -0.15) is 0 Å². The van der Waals surface area contributed by atoms with Crippen LogP contribution in [0.4, 0.5) is 0 Å². The van der Waals surface area contributed by atoms with E-state index in [0.29, 0.717) is 28.8 Å². The minimum atomic E-state index is -0.0488. The van der Waals surface area contributed by atoms with Gasteiger partial charge in [0.2, 0.25) is 0 Å². The second-order valence-corrected chi connectivity index (χ2v) is 7.30. The number of likely N-dealkylation sites (N-methyl/N-ethyl adjacent to an activating group) is 1. The molecule has 3 atom stereocenters. The Morgan fingerprint density at radius 3 is 2.39 bits per heavy atom. The summed E-state index contributed by atoms with van der Waals surface area (Å²) in [6, 6.07) is 0. The van der Waals surface area contributed by atoms with Gasteiger partial charge in [-0.15, -0.1) is 0 Å². The van der Waals surface area contributed by atoms with E-state index < -0.39 is 0 Å². The molecule has 0 N–H and O–H groups in total. The van der Waals surface area contributed by atoms with Gasteiger partial charge in [0.1, 0.15) is 6.10 Å². The number of nitrogens with zero attached hydrogens (tertiary/aromatic N) is 1. The lowest BCUT2D eigenvalue weighted by atomic mass is 9.75. The van der Waals surface area contributed by atoms with Gasteiger partial charge >= 0.3 is 5.97 Å². The molecule has 106 valence electrons. The fourth-order valence-electron chi connectivity index (χ4n) is 2.84. The number of carbonyl (C=O) groups excluding carboxylic acids is 1. The van der Waals surface area contributed by atoms with Crippen LogP contribution in [-0.4, -0.2) is 44.2 Å². The molecule has 1 saturated carbocycles. The van der Waals surface area contributed by atoms with E-state index >= 15 is 0 Å². The third-order valence-corrected chi connectivity index (χ3v) is 3.85. The summed E-state index contributed by atoms with van der Waals surface area (Å²) >= 11 is 0. The summed E-state index contributed by atoms with van der Waals surface area (Å²) in [5.41, 5.74) is 0. The lowest BCUT2D eigenvalue weighted by Crippen LogP contribution is -2.43. The molecule has 0 aromatic heterocycles. The number of hydrogen-bond acceptors (Lipinski definition) is 2. The first-order chi connectivity index (χ1) is 8.19. The molecule has 0 spiro atoms. The van der Waals surface area contributed by atoms with Crippen LogP contribution in [0.15, 0.2) is 0 Å². The number of esters is 1. The maximum Gasteiger partial charge on any atom is 0.362 e. The molecule has 0 radical (unpaired) electrons. The summed E-state index contributed by atoms with van der Waals surface area (Å²) in [7, 11) is 6.06. The molecule has 3 nitrogen and oxygen atoms in total. The SMILES string of the molecule is CC1CCC(C(C)C)C(OC(=O)C[N+](C)(C)C)C1. The first-order valence-electron chi connectivity index (χ1n) is 7.19. The lowest BCUT2D eigenvalue weighted by Gasteiger charge is -2.37. The van der Waals surface area contributed by atoms with Crippen molar-refractivity contribution in [1.82, 2.24) is 0 Å². The van der Waals surface area contributed by atoms with Gasteiger partial charge < -0.3 is 9.22 Å². The molecule has 1 fully saturated rings. The normalized spacial score (nSPS) is 29.4. The maximum atomic E-state index is 12.0. The van der Waals surface area contributed by atoms with Crippen molar-refractivity contribution in [2.24, 2.45) is 17.8 Å². The van der Waals surface area contributed by atoms with Crippen LogP contribution in [0.1, 0.15) is 40.0 Å². The van der Waals surface area contributed by atoms with Crippen molar-refractivity contribution in [1.29, 1.82) is 0 Å². The van der Waals surface area contributed by atoms with E-state index in [-0.39, 0.29) is 12.1 Å². The van der Waals surface area contributed by atoms with E-state index in [0.717, 1.165) is 6.42 Å². The van der Waals surface area contributed by atoms with E-state index in [4.69, 9.17) is 4.74 Å². The van der Waals surface area contributed by atoms with Crippen LogP contribution in [0.2, 0.25) is 0 Å². The monoisotopic (exact) mass is 256 g/mol. The number of hydrogen-bond donors (Lipinski definition) is 0. The van der Waals surface area contributed by atoms with E-state index in [9.17, 15) is 4.79 Å². The number of carbonyl (C=O) groups is 1. The van der Waals surface area contributed by atoms with Crippen molar-refractivity contribution in [2.75, 3.05) is 27.7 Å². The second kappa shape index (κ2) is 6.05. The molecule has 1 aliphatic rings. The first kappa shape index (κ1) is 15.5. The number of rotatable bonds is 4. The molecule has 1 aliphatic carbocycles. The third kappa shape index (κ3) is 4.97. The summed E-state index contributed by atoms with van der Waals surface area (Å²) in [4.78, 5) is 12.0. The molecular weight excluding hydrogens is 226 g/mol.